The van der Waals surface area contributed by atoms with Crippen LogP contribution in [0.1, 0.15) is 10.6 Å². The van der Waals surface area contributed by atoms with Gasteiger partial charge in [0.15, 0.2) is 11.4 Å². The number of amides is 1. The Balaban J connectivity index is 1.46. The van der Waals surface area contributed by atoms with Gasteiger partial charge in [-0.05, 0) is 35.4 Å². The van der Waals surface area contributed by atoms with E-state index in [1.165, 1.54) is 11.8 Å². The molecule has 0 radical (unpaired) electrons. The first kappa shape index (κ1) is 17.0. The topological polar surface area (TPSA) is 59.5 Å². The molecule has 0 aliphatic heterocycles. The molecule has 0 bridgehead atoms. The third kappa shape index (κ3) is 3.30. The zero-order valence-electron chi connectivity index (χ0n) is 15.4. The van der Waals surface area contributed by atoms with Crippen molar-refractivity contribution in [3.63, 3.8) is 0 Å². The van der Waals surface area contributed by atoms with E-state index in [1.807, 2.05) is 47.1 Å². The Hall–Kier alpha value is -4.12. The van der Waals surface area contributed by atoms with E-state index in [0.717, 1.165) is 16.8 Å². The maximum atomic E-state index is 12.3. The number of carbonyl (C=O) groups is 1. The van der Waals surface area contributed by atoms with Crippen LogP contribution in [-0.2, 0) is 0 Å². The molecule has 2 aromatic carbocycles. The smallest absolute Gasteiger partial charge is 0.291 e. The zero-order valence-corrected chi connectivity index (χ0v) is 15.4. The Bertz CT molecular complexity index is 1270. The Kier molecular flexibility index (Phi) is 4.18. The lowest BCUT2D eigenvalue weighted by Crippen LogP contribution is -2.11. The fourth-order valence-corrected chi connectivity index (χ4v) is 3.31. The molecule has 1 N–H and O–H groups in total. The summed E-state index contributed by atoms with van der Waals surface area (Å²) >= 11 is 0. The number of fused-ring (bicyclic) bond motifs is 1. The van der Waals surface area contributed by atoms with E-state index in [0.29, 0.717) is 11.3 Å². The molecule has 0 aliphatic rings. The van der Waals surface area contributed by atoms with Crippen LogP contribution in [0, 0.1) is 0 Å². The standard InChI is InChI=1S/C24H17N3O2/c28-24(22-9-5-15-29-22)26-20-8-4-14-27-16-21(25-23(20)27)19-12-10-18(11-13-19)17-6-2-1-3-7-17/h1-16H,(H,26,28). The van der Waals surface area contributed by atoms with E-state index in [4.69, 9.17) is 9.40 Å². The van der Waals surface area contributed by atoms with Gasteiger partial charge in [0.2, 0.25) is 0 Å². The number of hydrogen-bond acceptors (Lipinski definition) is 3. The van der Waals surface area contributed by atoms with Crippen molar-refractivity contribution in [2.45, 2.75) is 0 Å². The monoisotopic (exact) mass is 379 g/mol. The maximum absolute atomic E-state index is 12.3. The van der Waals surface area contributed by atoms with Crippen LogP contribution in [0.4, 0.5) is 5.69 Å². The van der Waals surface area contributed by atoms with Gasteiger partial charge in [-0.25, -0.2) is 4.98 Å². The molecular formula is C24H17N3O2. The minimum atomic E-state index is -0.306. The number of rotatable bonds is 4. The number of aromatic nitrogens is 2. The fraction of sp³-hybridized carbons (Fsp3) is 0. The summed E-state index contributed by atoms with van der Waals surface area (Å²) in [7, 11) is 0. The van der Waals surface area contributed by atoms with Gasteiger partial charge in [0.05, 0.1) is 17.6 Å². The molecular weight excluding hydrogens is 362 g/mol. The fourth-order valence-electron chi connectivity index (χ4n) is 3.31. The molecule has 3 aromatic heterocycles. The maximum Gasteiger partial charge on any atom is 0.291 e. The van der Waals surface area contributed by atoms with Gasteiger partial charge < -0.3 is 14.1 Å². The van der Waals surface area contributed by atoms with Crippen LogP contribution in [0.5, 0.6) is 0 Å². The normalized spacial score (nSPS) is 10.9. The van der Waals surface area contributed by atoms with Crippen LogP contribution in [0.15, 0.2) is 102 Å². The van der Waals surface area contributed by atoms with Gasteiger partial charge in [0, 0.05) is 18.0 Å². The molecule has 140 valence electrons. The number of imidazole rings is 1. The molecule has 0 saturated carbocycles. The number of pyridine rings is 1. The lowest BCUT2D eigenvalue weighted by Gasteiger charge is -2.04. The molecule has 0 fully saturated rings. The lowest BCUT2D eigenvalue weighted by molar-refractivity contribution is 0.0996. The Morgan fingerprint density at radius 2 is 1.59 bits per heavy atom. The van der Waals surface area contributed by atoms with Gasteiger partial charge >= 0.3 is 0 Å². The van der Waals surface area contributed by atoms with Gasteiger partial charge in [-0.1, -0.05) is 54.6 Å². The second-order valence-corrected chi connectivity index (χ2v) is 6.65. The number of nitrogens with zero attached hydrogens (tertiary/aromatic N) is 2. The van der Waals surface area contributed by atoms with Crippen molar-refractivity contribution in [2.24, 2.45) is 0 Å². The van der Waals surface area contributed by atoms with Crippen molar-refractivity contribution in [1.82, 2.24) is 9.38 Å². The van der Waals surface area contributed by atoms with E-state index in [1.54, 1.807) is 12.1 Å². The predicted molar refractivity (Wildman–Crippen MR) is 113 cm³/mol. The van der Waals surface area contributed by atoms with Gasteiger partial charge in [0.1, 0.15) is 0 Å². The minimum absolute atomic E-state index is 0.260. The average molecular weight is 379 g/mol. The van der Waals surface area contributed by atoms with Gasteiger partial charge in [0.25, 0.3) is 5.91 Å². The van der Waals surface area contributed by atoms with Crippen LogP contribution in [0.25, 0.3) is 28.0 Å². The highest BCUT2D eigenvalue weighted by atomic mass is 16.3. The molecule has 5 heteroatoms. The van der Waals surface area contributed by atoms with Crippen LogP contribution in [0.2, 0.25) is 0 Å². The van der Waals surface area contributed by atoms with Crippen LogP contribution in [0.3, 0.4) is 0 Å². The number of benzene rings is 2. The second kappa shape index (κ2) is 7.13. The molecule has 5 rings (SSSR count). The zero-order chi connectivity index (χ0) is 19.6. The summed E-state index contributed by atoms with van der Waals surface area (Å²) in [4.78, 5) is 17.1. The van der Waals surface area contributed by atoms with Crippen molar-refractivity contribution < 1.29 is 9.21 Å². The third-order valence-electron chi connectivity index (χ3n) is 4.76. The molecule has 5 nitrogen and oxygen atoms in total. The summed E-state index contributed by atoms with van der Waals surface area (Å²) in [5.74, 6) is -0.0462. The highest BCUT2D eigenvalue weighted by Crippen LogP contribution is 2.26. The quantitative estimate of drug-likeness (QED) is 0.448. The Morgan fingerprint density at radius 1 is 0.828 bits per heavy atom. The predicted octanol–water partition coefficient (Wildman–Crippen LogP) is 5.51. The van der Waals surface area contributed by atoms with E-state index in [2.05, 4.69) is 41.7 Å². The molecule has 1 amide bonds. The summed E-state index contributed by atoms with van der Waals surface area (Å²) < 4.78 is 7.06. The van der Waals surface area contributed by atoms with E-state index >= 15 is 0 Å². The number of carbonyl (C=O) groups excluding carboxylic acids is 1. The SMILES string of the molecule is O=C(Nc1cccn2cc(-c3ccc(-c4ccccc4)cc3)nc12)c1ccco1. The average Bonchev–Trinajstić information content (AvgIpc) is 3.45. The van der Waals surface area contributed by atoms with Crippen molar-refractivity contribution in [2.75, 3.05) is 5.32 Å². The summed E-state index contributed by atoms with van der Waals surface area (Å²) in [6.45, 7) is 0. The summed E-state index contributed by atoms with van der Waals surface area (Å²) in [5.41, 5.74) is 5.48. The summed E-state index contributed by atoms with van der Waals surface area (Å²) in [6.07, 6.45) is 5.34. The Labute approximate surface area is 167 Å². The molecule has 3 heterocycles. The molecule has 0 saturated heterocycles. The van der Waals surface area contributed by atoms with Crippen LogP contribution < -0.4 is 5.32 Å². The van der Waals surface area contributed by atoms with Crippen molar-refractivity contribution in [1.29, 1.82) is 0 Å². The van der Waals surface area contributed by atoms with Crippen LogP contribution in [-0.4, -0.2) is 15.3 Å². The first-order chi connectivity index (χ1) is 14.3. The minimum Gasteiger partial charge on any atom is -0.459 e. The molecule has 0 aliphatic carbocycles. The first-order valence-electron chi connectivity index (χ1n) is 9.26. The molecule has 0 unspecified atom stereocenters. The van der Waals surface area contributed by atoms with Gasteiger partial charge in [-0.2, -0.15) is 0 Å². The second-order valence-electron chi connectivity index (χ2n) is 6.65. The summed E-state index contributed by atoms with van der Waals surface area (Å²) in [6, 6.07) is 25.6. The highest BCUT2D eigenvalue weighted by Gasteiger charge is 2.13. The molecule has 0 atom stereocenters. The van der Waals surface area contributed by atoms with Crippen LogP contribution >= 0.6 is 0 Å². The first-order valence-corrected chi connectivity index (χ1v) is 9.26. The summed E-state index contributed by atoms with van der Waals surface area (Å²) in [5, 5.41) is 2.87. The number of anilines is 1. The number of furan rings is 1. The molecule has 0 spiro atoms. The van der Waals surface area contributed by atoms with Crippen molar-refractivity contribution in [3.8, 4) is 22.4 Å². The van der Waals surface area contributed by atoms with Gasteiger partial charge in [-0.3, -0.25) is 4.79 Å². The largest absolute Gasteiger partial charge is 0.459 e. The van der Waals surface area contributed by atoms with Gasteiger partial charge in [-0.15, -0.1) is 0 Å². The third-order valence-corrected chi connectivity index (χ3v) is 4.76. The molecule has 29 heavy (non-hydrogen) atoms. The van der Waals surface area contributed by atoms with Crippen molar-refractivity contribution >= 4 is 17.2 Å². The molecule has 5 aromatic rings. The van der Waals surface area contributed by atoms with E-state index in [9.17, 15) is 4.79 Å². The highest BCUT2D eigenvalue weighted by molar-refractivity contribution is 6.04. The van der Waals surface area contributed by atoms with E-state index < -0.39 is 0 Å². The van der Waals surface area contributed by atoms with Crippen molar-refractivity contribution in [3.05, 3.63) is 103 Å². The van der Waals surface area contributed by atoms with E-state index in [-0.39, 0.29) is 11.7 Å². The Morgan fingerprint density at radius 3 is 2.34 bits per heavy atom. The number of hydrogen-bond donors (Lipinski definition) is 1. The number of nitrogens with one attached hydrogen (secondary N) is 1. The lowest BCUT2D eigenvalue weighted by atomic mass is 10.0.